The maximum absolute atomic E-state index is 15.6. The second-order valence-corrected chi connectivity index (χ2v) is 14.9. The van der Waals surface area contributed by atoms with E-state index in [2.05, 4.69) is 24.1 Å². The monoisotopic (exact) mass is 712 g/mol. The lowest BCUT2D eigenvalue weighted by atomic mass is 9.80. The number of nitrogens with zero attached hydrogens (tertiary/aromatic N) is 3. The number of carbonyl (C=O) groups is 1. The molecule has 1 aromatic heterocycles. The minimum atomic E-state index is -4.49. The Kier molecular flexibility index (Phi) is 9.79. The highest BCUT2D eigenvalue weighted by Gasteiger charge is 2.63. The highest BCUT2D eigenvalue weighted by Crippen LogP contribution is 2.57. The summed E-state index contributed by atoms with van der Waals surface area (Å²) in [6, 6.07) is 14.2. The number of halogens is 2. The summed E-state index contributed by atoms with van der Waals surface area (Å²) in [6.45, 7) is 8.24. The lowest BCUT2D eigenvalue weighted by molar-refractivity contribution is -0.127. The molecule has 0 spiro atoms. The van der Waals surface area contributed by atoms with E-state index in [-0.39, 0.29) is 20.6 Å². The van der Waals surface area contributed by atoms with E-state index in [4.69, 9.17) is 37.1 Å². The van der Waals surface area contributed by atoms with E-state index in [0.29, 0.717) is 67.0 Å². The van der Waals surface area contributed by atoms with Crippen LogP contribution in [0.1, 0.15) is 62.2 Å². The lowest BCUT2D eigenvalue weighted by Crippen LogP contribution is -2.54. The molecule has 0 saturated carbocycles. The molecule has 0 bridgehead atoms. The minimum Gasteiger partial charge on any atom is -0.496 e. The lowest BCUT2D eigenvalue weighted by Gasteiger charge is -2.41. The Morgan fingerprint density at radius 2 is 1.83 bits per heavy atom. The van der Waals surface area contributed by atoms with E-state index >= 15 is 4.79 Å². The number of benzene rings is 3. The second kappa shape index (κ2) is 13.7. The van der Waals surface area contributed by atoms with Crippen molar-refractivity contribution in [2.24, 2.45) is 5.92 Å². The average molecular weight is 714 g/mol. The van der Waals surface area contributed by atoms with Gasteiger partial charge in [-0.3, -0.25) is 9.69 Å². The van der Waals surface area contributed by atoms with Crippen molar-refractivity contribution in [3.8, 4) is 11.5 Å². The molecule has 3 aromatic carbocycles. The van der Waals surface area contributed by atoms with Crippen molar-refractivity contribution in [3.05, 3.63) is 99.7 Å². The molecule has 2 unspecified atom stereocenters. The molecule has 13 heteroatoms. The van der Waals surface area contributed by atoms with E-state index in [9.17, 15) is 8.42 Å². The molecule has 1 amide bonds. The largest absolute Gasteiger partial charge is 0.496 e. The van der Waals surface area contributed by atoms with Crippen LogP contribution >= 0.6 is 23.2 Å². The third kappa shape index (κ3) is 5.85. The van der Waals surface area contributed by atoms with Crippen LogP contribution in [-0.2, 0) is 26.9 Å². The molecule has 2 aliphatic rings. The maximum Gasteiger partial charge on any atom is 0.271 e. The first-order chi connectivity index (χ1) is 23.0. The fourth-order valence-corrected chi connectivity index (χ4v) is 8.53. The van der Waals surface area contributed by atoms with Crippen molar-refractivity contribution in [2.75, 3.05) is 31.1 Å². The number of ether oxygens (including phenoxy) is 2. The summed E-state index contributed by atoms with van der Waals surface area (Å²) in [5.74, 6) is 1.05. The summed E-state index contributed by atoms with van der Waals surface area (Å²) in [7, 11) is -2.96. The van der Waals surface area contributed by atoms with Gasteiger partial charge < -0.3 is 19.2 Å². The van der Waals surface area contributed by atoms with Gasteiger partial charge in [-0.15, -0.1) is 0 Å². The molecule has 1 N–H and O–H groups in total. The van der Waals surface area contributed by atoms with Gasteiger partial charge in [0.15, 0.2) is 5.54 Å². The molecule has 6 rings (SSSR count). The quantitative estimate of drug-likeness (QED) is 0.167. The van der Waals surface area contributed by atoms with Gasteiger partial charge in [-0.05, 0) is 86.3 Å². The zero-order valence-electron chi connectivity index (χ0n) is 27.2. The van der Waals surface area contributed by atoms with Gasteiger partial charge in [0, 0.05) is 24.2 Å². The zero-order valence-corrected chi connectivity index (χ0v) is 29.5. The Morgan fingerprint density at radius 1 is 1.08 bits per heavy atom. The van der Waals surface area contributed by atoms with E-state index in [1.807, 2.05) is 30.0 Å². The number of fused-ring (bicyclic) bond motifs is 1. The molecule has 0 radical (unpaired) electrons. The normalized spacial score (nSPS) is 19.7. The molecule has 3 heterocycles. The van der Waals surface area contributed by atoms with Gasteiger partial charge in [0.05, 0.1) is 46.6 Å². The number of aromatic nitrogens is 1. The van der Waals surface area contributed by atoms with Gasteiger partial charge in [0.2, 0.25) is 5.89 Å². The van der Waals surface area contributed by atoms with Crippen molar-refractivity contribution >= 4 is 44.8 Å². The molecule has 254 valence electrons. The van der Waals surface area contributed by atoms with Crippen molar-refractivity contribution in [2.45, 2.75) is 56.6 Å². The number of nitrogens with one attached hydrogen (secondary N) is 1. The summed E-state index contributed by atoms with van der Waals surface area (Å²) in [5.41, 5.74) is 0.102. The molecular formula is C35H38Cl2N4O6S. The van der Waals surface area contributed by atoms with E-state index in [1.165, 1.54) is 31.6 Å². The fraction of sp³-hybridized carbons (Fsp3) is 0.371. The number of hydrogen-bond donors (Lipinski definition) is 1. The number of likely N-dealkylation sites (tertiary alicyclic amines) is 1. The summed E-state index contributed by atoms with van der Waals surface area (Å²) in [4.78, 5) is 21.9. The zero-order chi connectivity index (χ0) is 34.2. The number of carbonyl (C=O) groups excluding carboxylic acids is 1. The molecule has 2 aliphatic heterocycles. The van der Waals surface area contributed by atoms with Crippen LogP contribution in [0.15, 0.2) is 76.4 Å². The topological polar surface area (TPSA) is 114 Å². The molecule has 10 nitrogen and oxygen atoms in total. The number of sulfonamides is 1. The highest BCUT2D eigenvalue weighted by atomic mass is 35.5. The molecule has 0 aliphatic carbocycles. The van der Waals surface area contributed by atoms with Crippen molar-refractivity contribution in [1.82, 2.24) is 15.2 Å². The van der Waals surface area contributed by atoms with E-state index in [1.54, 1.807) is 24.4 Å². The second-order valence-electron chi connectivity index (χ2n) is 12.3. The number of oxazole rings is 1. The van der Waals surface area contributed by atoms with Gasteiger partial charge in [-0.1, -0.05) is 43.1 Å². The number of hydrogen-bond acceptors (Lipinski definition) is 9. The summed E-state index contributed by atoms with van der Waals surface area (Å²) in [6.07, 6.45) is 4.37. The third-order valence-corrected chi connectivity index (χ3v) is 11.2. The first kappa shape index (κ1) is 34.3. The van der Waals surface area contributed by atoms with Crippen LogP contribution in [0.2, 0.25) is 10.0 Å². The number of rotatable bonds is 12. The SMILES string of the molecule is CCOc1ccc(S(=O)(=O)N2C(=O)C(c3cc(CNCC(C)C)ccc3OC)(N3CCCC3c3ncco3)c3cc(Cl)c(Cl)cc32)cc1. The van der Waals surface area contributed by atoms with Gasteiger partial charge in [0.25, 0.3) is 15.9 Å². The van der Waals surface area contributed by atoms with Crippen molar-refractivity contribution < 1.29 is 27.1 Å². The molecular weight excluding hydrogens is 675 g/mol. The van der Waals surface area contributed by atoms with Crippen molar-refractivity contribution in [1.29, 1.82) is 0 Å². The van der Waals surface area contributed by atoms with Crippen LogP contribution < -0.4 is 19.1 Å². The Morgan fingerprint density at radius 3 is 2.50 bits per heavy atom. The van der Waals surface area contributed by atoms with Crippen LogP contribution in [0.3, 0.4) is 0 Å². The van der Waals surface area contributed by atoms with E-state index in [0.717, 1.165) is 16.4 Å². The third-order valence-electron chi connectivity index (χ3n) is 8.77. The van der Waals surface area contributed by atoms with Gasteiger partial charge in [-0.25, -0.2) is 17.7 Å². The maximum atomic E-state index is 15.6. The summed E-state index contributed by atoms with van der Waals surface area (Å²) < 4.78 is 47.4. The van der Waals surface area contributed by atoms with Crippen LogP contribution in [0.5, 0.6) is 11.5 Å². The smallest absolute Gasteiger partial charge is 0.271 e. The number of amides is 1. The van der Waals surface area contributed by atoms with E-state index < -0.39 is 27.5 Å². The van der Waals surface area contributed by atoms with Crippen molar-refractivity contribution in [3.63, 3.8) is 0 Å². The first-order valence-electron chi connectivity index (χ1n) is 15.9. The van der Waals surface area contributed by atoms with Crippen LogP contribution in [0.4, 0.5) is 5.69 Å². The standard InChI is InChI=1S/C35H38Cl2N4O6S/c1-5-46-24-9-11-25(12-10-24)48(43,44)41-31-19-29(37)28(36)18-26(31)35(34(41)42,40-15-6-7-30(40)33-39-14-16-47-33)27-17-23(8-13-32(27)45-4)21-38-20-22(2)3/h8-14,16-19,22,30,38H,5-7,15,20-21H2,1-4H3. The molecule has 1 fully saturated rings. The van der Waals surface area contributed by atoms with Crippen LogP contribution in [-0.4, -0.2) is 51.0 Å². The molecule has 2 atom stereocenters. The summed E-state index contributed by atoms with van der Waals surface area (Å²) in [5, 5.41) is 3.75. The van der Waals surface area contributed by atoms with Crippen LogP contribution in [0, 0.1) is 5.92 Å². The Bertz CT molecular complexity index is 1900. The Hall–Kier alpha value is -3.61. The minimum absolute atomic E-state index is 0.0867. The van der Waals surface area contributed by atoms with Gasteiger partial charge in [0.1, 0.15) is 17.8 Å². The van der Waals surface area contributed by atoms with Gasteiger partial charge >= 0.3 is 0 Å². The average Bonchev–Trinajstić information content (AvgIpc) is 3.81. The molecule has 4 aromatic rings. The summed E-state index contributed by atoms with van der Waals surface area (Å²) >= 11 is 13.3. The number of anilines is 1. The first-order valence-corrected chi connectivity index (χ1v) is 18.1. The Labute approximate surface area is 291 Å². The number of methoxy groups -OCH3 is 1. The Balaban J connectivity index is 1.63. The fourth-order valence-electron chi connectivity index (χ4n) is 6.75. The molecule has 48 heavy (non-hydrogen) atoms. The highest BCUT2D eigenvalue weighted by molar-refractivity contribution is 7.93. The predicted octanol–water partition coefficient (Wildman–Crippen LogP) is 6.95. The van der Waals surface area contributed by atoms with Gasteiger partial charge in [-0.2, -0.15) is 0 Å². The molecule has 1 saturated heterocycles. The predicted molar refractivity (Wildman–Crippen MR) is 184 cm³/mol. The van der Waals surface area contributed by atoms with Crippen LogP contribution in [0.25, 0.3) is 0 Å².